The maximum atomic E-state index is 11.3. The Balaban J connectivity index is 2.89. The van der Waals surface area contributed by atoms with E-state index in [1.807, 2.05) is 0 Å². The lowest BCUT2D eigenvalue weighted by molar-refractivity contribution is 0.371. The quantitative estimate of drug-likeness (QED) is 0.660. The van der Waals surface area contributed by atoms with Gasteiger partial charge in [-0.15, -0.1) is 0 Å². The fraction of sp³-hybridized carbons (Fsp3) is 0.143. The van der Waals surface area contributed by atoms with Crippen molar-refractivity contribution in [1.29, 1.82) is 0 Å². The van der Waals surface area contributed by atoms with Gasteiger partial charge in [0.15, 0.2) is 5.75 Å². The molecule has 0 fully saturated rings. The van der Waals surface area contributed by atoms with Gasteiger partial charge >= 0.3 is 20.8 Å². The minimum Gasteiger partial charge on any atom is -0.356 e. The van der Waals surface area contributed by atoms with Gasteiger partial charge in [-0.1, -0.05) is 9.70 Å². The van der Waals surface area contributed by atoms with Gasteiger partial charge in [-0.3, -0.25) is 4.55 Å². The van der Waals surface area contributed by atoms with Crippen molar-refractivity contribution in [1.82, 2.24) is 0 Å². The molecular formula is C7H6O10S3. The maximum Gasteiger partial charge on any atom is 0.466 e. The average molecular weight is 346 g/mol. The van der Waals surface area contributed by atoms with Crippen molar-refractivity contribution in [2.45, 2.75) is 11.8 Å². The summed E-state index contributed by atoms with van der Waals surface area (Å²) in [5, 5.41) is 0. The lowest BCUT2D eigenvalue weighted by Gasteiger charge is -2.09. The van der Waals surface area contributed by atoms with Crippen LogP contribution < -0.4 is 8.37 Å². The highest BCUT2D eigenvalue weighted by atomic mass is 32.3. The molecule has 0 aliphatic carbocycles. The molecule has 2 rings (SSSR count). The van der Waals surface area contributed by atoms with Crippen molar-refractivity contribution in [2.75, 3.05) is 0 Å². The van der Waals surface area contributed by atoms with E-state index in [-0.39, 0.29) is 5.56 Å². The molecule has 0 saturated heterocycles. The fourth-order valence-electron chi connectivity index (χ4n) is 1.36. The van der Waals surface area contributed by atoms with E-state index < -0.39 is 47.3 Å². The molecule has 1 aromatic carbocycles. The zero-order chi connectivity index (χ0) is 15.3. The Morgan fingerprint density at radius 2 is 1.50 bits per heavy atom. The highest BCUT2D eigenvalue weighted by Crippen LogP contribution is 2.41. The molecule has 13 heteroatoms. The molecule has 0 unspecified atom stereocenters. The van der Waals surface area contributed by atoms with Gasteiger partial charge in [0, 0.05) is 0 Å². The average Bonchev–Trinajstić information content (AvgIpc) is 2.28. The summed E-state index contributed by atoms with van der Waals surface area (Å²) >= 11 is 0. The molecule has 112 valence electrons. The summed E-state index contributed by atoms with van der Waals surface area (Å²) in [6.07, 6.45) is 0. The summed E-state index contributed by atoms with van der Waals surface area (Å²) in [6, 6.07) is 1.90. The lowest BCUT2D eigenvalue weighted by Crippen LogP contribution is -2.18. The maximum absolute atomic E-state index is 11.3. The second-order valence-electron chi connectivity index (χ2n) is 3.57. The van der Waals surface area contributed by atoms with Gasteiger partial charge < -0.3 is 8.37 Å². The molecule has 10 nitrogen and oxygen atoms in total. The standard InChI is InChI=1S/C7H6O10S3/c1-4-2-3-5(18(8,9)10)7-6(4)15-19(11,12)17-20(13,14)16-7/h2-3H,1H3,(H,8,9,10). The molecule has 20 heavy (non-hydrogen) atoms. The van der Waals surface area contributed by atoms with Crippen LogP contribution in [-0.2, 0) is 34.5 Å². The molecule has 0 aromatic heterocycles. The summed E-state index contributed by atoms with van der Waals surface area (Å²) in [7, 11) is -15.0. The molecule has 1 N–H and O–H groups in total. The second kappa shape index (κ2) is 4.29. The van der Waals surface area contributed by atoms with Crippen LogP contribution in [0.4, 0.5) is 0 Å². The summed E-state index contributed by atoms with van der Waals surface area (Å²) in [5.41, 5.74) is 0.0386. The fourth-order valence-corrected chi connectivity index (χ4v) is 3.84. The molecule has 1 aromatic rings. The van der Waals surface area contributed by atoms with Crippen LogP contribution in [0, 0.1) is 6.92 Å². The zero-order valence-electron chi connectivity index (χ0n) is 9.50. The van der Waals surface area contributed by atoms with Gasteiger partial charge in [-0.25, -0.2) is 0 Å². The predicted octanol–water partition coefficient (Wildman–Crippen LogP) is -0.481. The SMILES string of the molecule is Cc1ccc(S(=O)(=O)O)c2c1OS(=O)(=O)OS(=O)(=O)O2. The van der Waals surface area contributed by atoms with Gasteiger partial charge in [-0.2, -0.15) is 25.3 Å². The van der Waals surface area contributed by atoms with Crippen molar-refractivity contribution in [3.63, 3.8) is 0 Å². The number of fused-ring (bicyclic) bond motifs is 1. The van der Waals surface area contributed by atoms with Crippen molar-refractivity contribution in [3.05, 3.63) is 17.7 Å². The summed E-state index contributed by atoms with van der Waals surface area (Å²) in [4.78, 5) is -0.984. The Morgan fingerprint density at radius 3 is 2.00 bits per heavy atom. The Labute approximate surface area is 114 Å². The Bertz CT molecular complexity index is 877. The molecular weight excluding hydrogens is 340 g/mol. The normalized spacial score (nSPS) is 20.1. The summed E-state index contributed by atoms with van der Waals surface area (Å²) < 4.78 is 88.4. The Kier molecular flexibility index (Phi) is 3.22. The Hall–Kier alpha value is -1.41. The van der Waals surface area contributed by atoms with Crippen LogP contribution in [0.25, 0.3) is 0 Å². The lowest BCUT2D eigenvalue weighted by atomic mass is 10.2. The van der Waals surface area contributed by atoms with Crippen LogP contribution in [0.5, 0.6) is 11.5 Å². The zero-order valence-corrected chi connectivity index (χ0v) is 12.0. The monoisotopic (exact) mass is 346 g/mol. The third-order valence-electron chi connectivity index (χ3n) is 2.09. The van der Waals surface area contributed by atoms with Crippen molar-refractivity contribution in [2.24, 2.45) is 0 Å². The molecule has 0 radical (unpaired) electrons. The van der Waals surface area contributed by atoms with E-state index in [0.717, 1.165) is 12.1 Å². The first kappa shape index (κ1) is 15.0. The smallest absolute Gasteiger partial charge is 0.356 e. The van der Waals surface area contributed by atoms with E-state index in [0.29, 0.717) is 0 Å². The molecule has 0 amide bonds. The third kappa shape index (κ3) is 2.85. The van der Waals surface area contributed by atoms with Crippen LogP contribution in [0.15, 0.2) is 17.0 Å². The van der Waals surface area contributed by atoms with E-state index in [1.54, 1.807) is 0 Å². The highest BCUT2D eigenvalue weighted by Gasteiger charge is 2.37. The van der Waals surface area contributed by atoms with E-state index in [1.165, 1.54) is 6.92 Å². The van der Waals surface area contributed by atoms with Crippen LogP contribution in [0.2, 0.25) is 0 Å². The van der Waals surface area contributed by atoms with Gasteiger partial charge in [0.25, 0.3) is 10.1 Å². The van der Waals surface area contributed by atoms with Crippen LogP contribution in [-0.4, -0.2) is 29.8 Å². The number of hydrogen-bond donors (Lipinski definition) is 1. The molecule has 0 spiro atoms. The summed E-state index contributed by atoms with van der Waals surface area (Å²) in [6.45, 7) is 1.30. The predicted molar refractivity (Wildman–Crippen MR) is 61.2 cm³/mol. The second-order valence-corrected chi connectivity index (χ2v) is 7.47. The van der Waals surface area contributed by atoms with Crippen molar-refractivity contribution >= 4 is 30.9 Å². The first-order valence-corrected chi connectivity index (χ1v) is 8.73. The molecule has 0 bridgehead atoms. The third-order valence-corrected chi connectivity index (χ3v) is 5.04. The van der Waals surface area contributed by atoms with Gasteiger partial charge in [-0.05, 0) is 18.6 Å². The first-order valence-electron chi connectivity index (χ1n) is 4.62. The highest BCUT2D eigenvalue weighted by molar-refractivity contribution is 7.95. The van der Waals surface area contributed by atoms with Crippen LogP contribution in [0.3, 0.4) is 0 Å². The molecule has 1 heterocycles. The van der Waals surface area contributed by atoms with Crippen molar-refractivity contribution in [3.8, 4) is 11.5 Å². The van der Waals surface area contributed by atoms with Gasteiger partial charge in [0.1, 0.15) is 4.90 Å². The minimum atomic E-state index is -5.13. The number of benzene rings is 1. The molecule has 0 atom stereocenters. The molecule has 0 saturated carbocycles. The Morgan fingerprint density at radius 1 is 1.00 bits per heavy atom. The molecule has 1 aliphatic rings. The van der Waals surface area contributed by atoms with E-state index in [2.05, 4.69) is 12.0 Å². The topological polar surface area (TPSA) is 150 Å². The van der Waals surface area contributed by atoms with E-state index in [4.69, 9.17) is 4.55 Å². The number of rotatable bonds is 1. The minimum absolute atomic E-state index is 0.0386. The number of aryl methyl sites for hydroxylation is 1. The molecule has 1 aliphatic heterocycles. The van der Waals surface area contributed by atoms with E-state index in [9.17, 15) is 25.3 Å². The van der Waals surface area contributed by atoms with Crippen molar-refractivity contribution < 1.29 is 41.8 Å². The van der Waals surface area contributed by atoms with E-state index >= 15 is 0 Å². The summed E-state index contributed by atoms with van der Waals surface area (Å²) in [5.74, 6) is -1.73. The van der Waals surface area contributed by atoms with Crippen LogP contribution in [0.1, 0.15) is 5.56 Å². The van der Waals surface area contributed by atoms with Gasteiger partial charge in [0.05, 0.1) is 0 Å². The number of hydrogen-bond acceptors (Lipinski definition) is 9. The van der Waals surface area contributed by atoms with Gasteiger partial charge in [0.2, 0.25) is 5.75 Å². The first-order chi connectivity index (χ1) is 8.91. The largest absolute Gasteiger partial charge is 0.466 e. The van der Waals surface area contributed by atoms with Crippen LogP contribution >= 0.6 is 0 Å².